The molecule has 160 valence electrons. The molecule has 0 aromatic heterocycles. The highest BCUT2D eigenvalue weighted by Gasteiger charge is 2.48. The number of rotatable bonds is 4. The van der Waals surface area contributed by atoms with Crippen LogP contribution < -0.4 is 11.1 Å². The summed E-state index contributed by atoms with van der Waals surface area (Å²) in [6.45, 7) is 9.88. The molecule has 1 fully saturated rings. The minimum Gasteiger partial charge on any atom is -0.383 e. The predicted octanol–water partition coefficient (Wildman–Crippen LogP) is 3.46. The Morgan fingerprint density at radius 2 is 1.60 bits per heavy atom. The maximum absolute atomic E-state index is 13.6. The fraction of sp³-hybridized carbons (Fsp3) is 0.500. The van der Waals surface area contributed by atoms with E-state index in [4.69, 9.17) is 5.73 Å². The molecule has 1 saturated heterocycles. The monoisotopic (exact) mass is 408 g/mol. The molecule has 6 nitrogen and oxygen atoms in total. The largest absolute Gasteiger partial charge is 0.383 e. The highest BCUT2D eigenvalue weighted by atomic mass is 16.2. The fourth-order valence-corrected chi connectivity index (χ4v) is 5.31. The van der Waals surface area contributed by atoms with Crippen molar-refractivity contribution >= 4 is 28.3 Å². The van der Waals surface area contributed by atoms with Crippen molar-refractivity contribution in [1.29, 1.82) is 0 Å². The first-order chi connectivity index (χ1) is 14.1. The van der Waals surface area contributed by atoms with Crippen molar-refractivity contribution < 1.29 is 9.59 Å². The number of nitrogens with one attached hydrogen (secondary N) is 1. The molecule has 2 aromatic carbocycles. The smallest absolute Gasteiger partial charge is 0.261 e. The summed E-state index contributed by atoms with van der Waals surface area (Å²) in [5, 5.41) is 4.94. The average molecular weight is 409 g/mol. The minimum absolute atomic E-state index is 0.116. The number of anilines is 1. The molecular weight excluding hydrogens is 376 g/mol. The van der Waals surface area contributed by atoms with Gasteiger partial charge < -0.3 is 11.1 Å². The van der Waals surface area contributed by atoms with Crippen LogP contribution in [0.3, 0.4) is 0 Å². The van der Waals surface area contributed by atoms with E-state index in [2.05, 4.69) is 45.0 Å². The van der Waals surface area contributed by atoms with Crippen LogP contribution in [0.5, 0.6) is 0 Å². The molecule has 0 radical (unpaired) electrons. The normalized spacial score (nSPS) is 21.3. The van der Waals surface area contributed by atoms with Crippen LogP contribution in [0.2, 0.25) is 0 Å². The van der Waals surface area contributed by atoms with E-state index in [1.54, 1.807) is 0 Å². The molecule has 4 rings (SSSR count). The lowest BCUT2D eigenvalue weighted by Gasteiger charge is -2.55. The van der Waals surface area contributed by atoms with Gasteiger partial charge in [0.05, 0.1) is 0 Å². The third kappa shape index (κ3) is 3.10. The SMILES string of the molecule is CN1C(C)(C)CC(N2C(=O)c3cccc4c(NCCN)ccc(c34)C2=O)CC1(C)C. The topological polar surface area (TPSA) is 78.7 Å². The van der Waals surface area contributed by atoms with Crippen molar-refractivity contribution in [3.8, 4) is 0 Å². The summed E-state index contributed by atoms with van der Waals surface area (Å²) in [6.07, 6.45) is 1.51. The van der Waals surface area contributed by atoms with Gasteiger partial charge in [-0.1, -0.05) is 12.1 Å². The number of imide groups is 1. The van der Waals surface area contributed by atoms with E-state index < -0.39 is 0 Å². The molecule has 2 heterocycles. The third-order valence-corrected chi connectivity index (χ3v) is 7.05. The number of likely N-dealkylation sites (tertiary alicyclic amines) is 1. The van der Waals surface area contributed by atoms with E-state index >= 15 is 0 Å². The first-order valence-electron chi connectivity index (χ1n) is 10.7. The Bertz CT molecular complexity index is 987. The molecule has 6 heteroatoms. The maximum atomic E-state index is 13.6. The predicted molar refractivity (Wildman–Crippen MR) is 121 cm³/mol. The lowest BCUT2D eigenvalue weighted by atomic mass is 9.76. The lowest BCUT2D eigenvalue weighted by molar-refractivity contribution is -0.0373. The molecular formula is C24H32N4O2. The number of amides is 2. The number of nitrogens with two attached hydrogens (primary N) is 1. The van der Waals surface area contributed by atoms with Crippen LogP contribution in [-0.2, 0) is 0 Å². The summed E-state index contributed by atoms with van der Waals surface area (Å²) in [6, 6.07) is 9.32. The second kappa shape index (κ2) is 7.06. The number of carbonyl (C=O) groups is 2. The van der Waals surface area contributed by atoms with Crippen LogP contribution in [0.25, 0.3) is 10.8 Å². The van der Waals surface area contributed by atoms with Crippen molar-refractivity contribution in [2.45, 2.75) is 57.7 Å². The number of benzene rings is 2. The fourth-order valence-electron chi connectivity index (χ4n) is 5.31. The Hall–Kier alpha value is -2.44. The second-order valence-electron chi connectivity index (χ2n) is 9.83. The van der Waals surface area contributed by atoms with Gasteiger partial charge in [-0.2, -0.15) is 0 Å². The van der Waals surface area contributed by atoms with Gasteiger partial charge in [-0.3, -0.25) is 19.4 Å². The molecule has 2 aliphatic heterocycles. The van der Waals surface area contributed by atoms with E-state index in [1.807, 2.05) is 30.3 Å². The van der Waals surface area contributed by atoms with Crippen LogP contribution in [0, 0.1) is 0 Å². The molecule has 0 bridgehead atoms. The van der Waals surface area contributed by atoms with Crippen LogP contribution in [0.4, 0.5) is 5.69 Å². The molecule has 3 N–H and O–H groups in total. The van der Waals surface area contributed by atoms with Crippen LogP contribution >= 0.6 is 0 Å². The Balaban J connectivity index is 1.79. The highest BCUT2D eigenvalue weighted by molar-refractivity contribution is 6.26. The zero-order chi connectivity index (χ0) is 21.8. The standard InChI is InChI=1S/C24H32N4O2/c1-23(2)13-15(14-24(3,4)27(23)5)28-21(29)17-8-6-7-16-19(26-12-11-25)10-9-18(20(16)17)22(28)30/h6-10,15,26H,11-14,25H2,1-5H3. The number of nitrogens with zero attached hydrogens (tertiary/aromatic N) is 2. The molecule has 0 saturated carbocycles. The van der Waals surface area contributed by atoms with Crippen molar-refractivity contribution in [2.24, 2.45) is 5.73 Å². The van der Waals surface area contributed by atoms with Gasteiger partial charge in [-0.25, -0.2) is 0 Å². The molecule has 2 amide bonds. The third-order valence-electron chi connectivity index (χ3n) is 7.05. The zero-order valence-corrected chi connectivity index (χ0v) is 18.6. The van der Waals surface area contributed by atoms with Gasteiger partial charge in [0.1, 0.15) is 0 Å². The van der Waals surface area contributed by atoms with E-state index in [0.29, 0.717) is 24.2 Å². The summed E-state index contributed by atoms with van der Waals surface area (Å²) in [4.78, 5) is 31.1. The Morgan fingerprint density at radius 3 is 2.20 bits per heavy atom. The van der Waals surface area contributed by atoms with Gasteiger partial charge in [-0.05, 0) is 65.8 Å². The van der Waals surface area contributed by atoms with Gasteiger partial charge >= 0.3 is 0 Å². The van der Waals surface area contributed by atoms with Crippen LogP contribution in [0.1, 0.15) is 61.3 Å². The maximum Gasteiger partial charge on any atom is 0.261 e. The first kappa shape index (κ1) is 20.8. The number of hydrogen-bond donors (Lipinski definition) is 2. The Morgan fingerprint density at radius 1 is 1.00 bits per heavy atom. The van der Waals surface area contributed by atoms with Crippen molar-refractivity contribution in [2.75, 3.05) is 25.5 Å². The van der Waals surface area contributed by atoms with Crippen molar-refractivity contribution in [3.63, 3.8) is 0 Å². The quantitative estimate of drug-likeness (QED) is 0.758. The van der Waals surface area contributed by atoms with E-state index in [1.165, 1.54) is 4.90 Å². The molecule has 0 spiro atoms. The molecule has 0 atom stereocenters. The van der Waals surface area contributed by atoms with Crippen molar-refractivity contribution in [3.05, 3.63) is 41.5 Å². The van der Waals surface area contributed by atoms with E-state index in [9.17, 15) is 9.59 Å². The van der Waals surface area contributed by atoms with E-state index in [-0.39, 0.29) is 28.9 Å². The second-order valence-corrected chi connectivity index (χ2v) is 9.83. The molecule has 0 unspecified atom stereocenters. The van der Waals surface area contributed by atoms with Crippen molar-refractivity contribution in [1.82, 2.24) is 9.80 Å². The molecule has 2 aliphatic rings. The Labute approximate surface area is 178 Å². The van der Waals surface area contributed by atoms with Gasteiger partial charge in [0.25, 0.3) is 11.8 Å². The summed E-state index contributed by atoms with van der Waals surface area (Å²) >= 11 is 0. The number of hydrogen-bond acceptors (Lipinski definition) is 5. The van der Waals surface area contributed by atoms with Gasteiger partial charge in [0, 0.05) is 57.8 Å². The summed E-state index contributed by atoms with van der Waals surface area (Å²) < 4.78 is 0. The van der Waals surface area contributed by atoms with Gasteiger partial charge in [0.2, 0.25) is 0 Å². The average Bonchev–Trinajstić information content (AvgIpc) is 2.68. The highest BCUT2D eigenvalue weighted by Crippen LogP contribution is 2.42. The van der Waals surface area contributed by atoms with Crippen LogP contribution in [-0.4, -0.2) is 58.9 Å². The molecule has 30 heavy (non-hydrogen) atoms. The summed E-state index contributed by atoms with van der Waals surface area (Å²) in [7, 11) is 2.13. The zero-order valence-electron chi connectivity index (χ0n) is 18.6. The summed E-state index contributed by atoms with van der Waals surface area (Å²) in [5.41, 5.74) is 7.51. The van der Waals surface area contributed by atoms with Gasteiger partial charge in [0.15, 0.2) is 0 Å². The number of piperidine rings is 1. The number of carbonyl (C=O) groups excluding carboxylic acids is 2. The lowest BCUT2D eigenvalue weighted by Crippen LogP contribution is -2.64. The molecule has 2 aromatic rings. The summed E-state index contributed by atoms with van der Waals surface area (Å²) in [5.74, 6) is -0.370. The van der Waals surface area contributed by atoms with Gasteiger partial charge in [-0.15, -0.1) is 0 Å². The van der Waals surface area contributed by atoms with E-state index in [0.717, 1.165) is 29.3 Å². The minimum atomic E-state index is -0.185. The first-order valence-corrected chi connectivity index (χ1v) is 10.7. The Kier molecular flexibility index (Phi) is 4.90. The molecule has 0 aliphatic carbocycles. The van der Waals surface area contributed by atoms with Crippen LogP contribution in [0.15, 0.2) is 30.3 Å².